The van der Waals surface area contributed by atoms with Crippen LogP contribution in [0, 0.1) is 0 Å². The lowest BCUT2D eigenvalue weighted by Crippen LogP contribution is -2.58. The van der Waals surface area contributed by atoms with E-state index in [2.05, 4.69) is 16.3 Å². The molecule has 0 aromatic rings. The van der Waals surface area contributed by atoms with Gasteiger partial charge in [0.1, 0.15) is 5.84 Å². The first-order chi connectivity index (χ1) is 5.94. The maximum absolute atomic E-state index is 12.5. The van der Waals surface area contributed by atoms with E-state index in [1.165, 1.54) is 0 Å². The molecule has 1 aliphatic rings. The Balaban J connectivity index is 3.12. The number of rotatable bonds is 1. The van der Waals surface area contributed by atoms with Crippen LogP contribution >= 0.6 is 0 Å². The molecular formula is C7H9F3N2O. The van der Waals surface area contributed by atoms with E-state index >= 15 is 0 Å². The molecule has 1 aliphatic heterocycles. The summed E-state index contributed by atoms with van der Waals surface area (Å²) in [4.78, 5) is 3.50. The van der Waals surface area contributed by atoms with Crippen molar-refractivity contribution < 1.29 is 17.9 Å². The molecule has 0 bridgehead atoms. The molecule has 0 spiro atoms. The van der Waals surface area contributed by atoms with E-state index in [1.54, 1.807) is 0 Å². The molecule has 3 nitrogen and oxygen atoms in total. The quantitative estimate of drug-likeness (QED) is 0.629. The number of aliphatic imine (C=N–C) groups is 1. The van der Waals surface area contributed by atoms with Crippen molar-refractivity contribution in [2.45, 2.75) is 11.8 Å². The lowest BCUT2D eigenvalue weighted by atomic mass is 10.0. The highest BCUT2D eigenvalue weighted by atomic mass is 19.4. The lowest BCUT2D eigenvalue weighted by molar-refractivity contribution is -0.231. The molecule has 0 amide bonds. The average Bonchev–Trinajstić information content (AvgIpc) is 2.03. The van der Waals surface area contributed by atoms with Gasteiger partial charge in [0.15, 0.2) is 0 Å². The number of nitrogens with zero attached hydrogens (tertiary/aromatic N) is 1. The van der Waals surface area contributed by atoms with Gasteiger partial charge in [0, 0.05) is 0 Å². The van der Waals surface area contributed by atoms with Crippen LogP contribution in [0.4, 0.5) is 13.2 Å². The Bertz CT molecular complexity index is 249. The van der Waals surface area contributed by atoms with E-state index in [-0.39, 0.29) is 13.2 Å². The Morgan fingerprint density at radius 3 is 2.54 bits per heavy atom. The first-order valence-electron chi connectivity index (χ1n) is 3.59. The maximum atomic E-state index is 12.5. The van der Waals surface area contributed by atoms with Gasteiger partial charge in [0.2, 0.25) is 5.60 Å². The number of amidine groups is 1. The minimum absolute atomic E-state index is 0.105. The van der Waals surface area contributed by atoms with Crippen molar-refractivity contribution in [2.24, 2.45) is 10.7 Å². The monoisotopic (exact) mass is 194 g/mol. The van der Waals surface area contributed by atoms with Gasteiger partial charge in [-0.05, 0) is 6.08 Å². The first-order valence-corrected chi connectivity index (χ1v) is 3.59. The summed E-state index contributed by atoms with van der Waals surface area (Å²) >= 11 is 0. The van der Waals surface area contributed by atoms with Gasteiger partial charge < -0.3 is 10.5 Å². The predicted molar refractivity (Wildman–Crippen MR) is 41.4 cm³/mol. The molecule has 0 fully saturated rings. The van der Waals surface area contributed by atoms with E-state index in [4.69, 9.17) is 5.73 Å². The number of ether oxygens (including phenoxy) is 1. The third kappa shape index (κ3) is 1.41. The fraction of sp³-hybridized carbons (Fsp3) is 0.571. The number of alkyl halides is 3. The Morgan fingerprint density at radius 2 is 2.23 bits per heavy atom. The lowest BCUT2D eigenvalue weighted by Gasteiger charge is -2.34. The first kappa shape index (κ1) is 10.0. The van der Waals surface area contributed by atoms with Crippen LogP contribution in [-0.2, 0) is 4.74 Å². The Hall–Kier alpha value is -1.04. The number of halogens is 3. The van der Waals surface area contributed by atoms with Crippen LogP contribution in [0.3, 0.4) is 0 Å². The topological polar surface area (TPSA) is 47.6 Å². The third-order valence-corrected chi connectivity index (χ3v) is 1.79. The van der Waals surface area contributed by atoms with Crippen LogP contribution < -0.4 is 5.73 Å². The van der Waals surface area contributed by atoms with Crippen molar-refractivity contribution in [3.05, 3.63) is 12.7 Å². The standard InChI is InChI=1S/C7H9F3N2O/c1-2-6(7(8,9)10)5(11)12-3-4-13-6/h2H,1,3-4H2,(H2,11,12)/t6-/m1/s1. The third-order valence-electron chi connectivity index (χ3n) is 1.79. The molecular weight excluding hydrogens is 185 g/mol. The Morgan fingerprint density at radius 1 is 1.62 bits per heavy atom. The molecule has 13 heavy (non-hydrogen) atoms. The zero-order valence-electron chi connectivity index (χ0n) is 6.77. The van der Waals surface area contributed by atoms with Gasteiger partial charge in [0.05, 0.1) is 13.2 Å². The minimum Gasteiger partial charge on any atom is -0.384 e. The number of nitrogens with two attached hydrogens (primary N) is 1. The summed E-state index contributed by atoms with van der Waals surface area (Å²) in [5.41, 5.74) is 2.55. The molecule has 1 atom stereocenters. The van der Waals surface area contributed by atoms with E-state index in [0.717, 1.165) is 0 Å². The van der Waals surface area contributed by atoms with Crippen molar-refractivity contribution in [3.8, 4) is 0 Å². The van der Waals surface area contributed by atoms with Crippen molar-refractivity contribution >= 4 is 5.84 Å². The molecule has 0 radical (unpaired) electrons. The summed E-state index contributed by atoms with van der Waals surface area (Å²) < 4.78 is 42.1. The van der Waals surface area contributed by atoms with Gasteiger partial charge in [-0.2, -0.15) is 13.2 Å². The molecule has 1 rings (SSSR count). The second-order valence-electron chi connectivity index (χ2n) is 2.55. The highest BCUT2D eigenvalue weighted by Crippen LogP contribution is 2.36. The number of hydrogen-bond donors (Lipinski definition) is 1. The second kappa shape index (κ2) is 3.02. The zero-order valence-corrected chi connectivity index (χ0v) is 6.77. The molecule has 0 aromatic carbocycles. The van der Waals surface area contributed by atoms with Gasteiger partial charge in [-0.25, -0.2) is 0 Å². The fourth-order valence-corrected chi connectivity index (χ4v) is 1.07. The van der Waals surface area contributed by atoms with Crippen LogP contribution in [0.25, 0.3) is 0 Å². The summed E-state index contributed by atoms with van der Waals surface area (Å²) in [6, 6.07) is 0. The SMILES string of the molecule is C=C[C@@]1(C(F)(F)F)OCCN=C1N. The van der Waals surface area contributed by atoms with Gasteiger partial charge in [0.25, 0.3) is 0 Å². The highest BCUT2D eigenvalue weighted by Gasteiger charge is 2.58. The largest absolute Gasteiger partial charge is 0.428 e. The molecule has 6 heteroatoms. The molecule has 0 saturated heterocycles. The van der Waals surface area contributed by atoms with Crippen LogP contribution in [0.1, 0.15) is 0 Å². The molecule has 2 N–H and O–H groups in total. The molecule has 0 unspecified atom stereocenters. The summed E-state index contributed by atoms with van der Waals surface area (Å²) in [7, 11) is 0. The Kier molecular flexibility index (Phi) is 2.34. The average molecular weight is 194 g/mol. The van der Waals surface area contributed by atoms with E-state index in [0.29, 0.717) is 6.08 Å². The van der Waals surface area contributed by atoms with Gasteiger partial charge >= 0.3 is 6.18 Å². The van der Waals surface area contributed by atoms with Gasteiger partial charge in [-0.15, -0.1) is 0 Å². The fourth-order valence-electron chi connectivity index (χ4n) is 1.07. The Labute approximate surface area is 73.1 Å². The van der Waals surface area contributed by atoms with Crippen LogP contribution in [0.15, 0.2) is 17.6 Å². The maximum Gasteiger partial charge on any atom is 0.428 e. The zero-order chi connectivity index (χ0) is 10.1. The van der Waals surface area contributed by atoms with Crippen LogP contribution in [-0.4, -0.2) is 30.8 Å². The normalized spacial score (nSPS) is 29.6. The van der Waals surface area contributed by atoms with Crippen LogP contribution in [0.5, 0.6) is 0 Å². The molecule has 0 aromatic heterocycles. The second-order valence-corrected chi connectivity index (χ2v) is 2.55. The molecule has 0 saturated carbocycles. The van der Waals surface area contributed by atoms with Gasteiger partial charge in [-0.1, -0.05) is 6.58 Å². The van der Waals surface area contributed by atoms with Crippen LogP contribution in [0.2, 0.25) is 0 Å². The highest BCUT2D eigenvalue weighted by molar-refractivity contribution is 5.92. The summed E-state index contributed by atoms with van der Waals surface area (Å²) in [5, 5.41) is 0. The van der Waals surface area contributed by atoms with Crippen molar-refractivity contribution in [1.29, 1.82) is 0 Å². The molecule has 1 heterocycles. The van der Waals surface area contributed by atoms with E-state index in [1.807, 2.05) is 0 Å². The van der Waals surface area contributed by atoms with Crippen molar-refractivity contribution in [3.63, 3.8) is 0 Å². The van der Waals surface area contributed by atoms with Gasteiger partial charge in [-0.3, -0.25) is 4.99 Å². The summed E-state index contributed by atoms with van der Waals surface area (Å²) in [6.45, 7) is 3.11. The van der Waals surface area contributed by atoms with E-state index < -0.39 is 17.6 Å². The smallest absolute Gasteiger partial charge is 0.384 e. The molecule has 0 aliphatic carbocycles. The summed E-state index contributed by atoms with van der Waals surface area (Å²) in [6.07, 6.45) is -3.98. The predicted octanol–water partition coefficient (Wildman–Crippen LogP) is 0.861. The summed E-state index contributed by atoms with van der Waals surface area (Å²) in [5.74, 6) is -0.582. The minimum atomic E-state index is -4.61. The molecule has 74 valence electrons. The van der Waals surface area contributed by atoms with Crippen molar-refractivity contribution in [1.82, 2.24) is 0 Å². The number of hydrogen-bond acceptors (Lipinski definition) is 3. The van der Waals surface area contributed by atoms with Crippen molar-refractivity contribution in [2.75, 3.05) is 13.2 Å². The van der Waals surface area contributed by atoms with E-state index in [9.17, 15) is 13.2 Å².